The first-order chi connectivity index (χ1) is 19.0. The normalized spacial score (nSPS) is 24.8. The summed E-state index contributed by atoms with van der Waals surface area (Å²) in [6.07, 6.45) is -1.67. The second-order valence-corrected chi connectivity index (χ2v) is 11.2. The van der Waals surface area contributed by atoms with E-state index in [1.807, 2.05) is 0 Å². The number of ether oxygens (including phenoxy) is 2. The fourth-order valence-corrected chi connectivity index (χ4v) is 6.06. The van der Waals surface area contributed by atoms with Gasteiger partial charge in [0.2, 0.25) is 0 Å². The van der Waals surface area contributed by atoms with Crippen molar-refractivity contribution in [3.05, 3.63) is 54.5 Å². The maximum atomic E-state index is 14.0. The summed E-state index contributed by atoms with van der Waals surface area (Å²) >= 11 is 0. The summed E-state index contributed by atoms with van der Waals surface area (Å²) in [5.74, 6) is -0.273. The highest BCUT2D eigenvalue weighted by molar-refractivity contribution is 7.52. The highest BCUT2D eigenvalue weighted by Gasteiger charge is 2.56. The van der Waals surface area contributed by atoms with Gasteiger partial charge in [-0.25, -0.2) is 14.1 Å². The fraction of sp³-hybridized carbons (Fsp3) is 0.440. The Kier molecular flexibility index (Phi) is 8.59. The Labute approximate surface area is 230 Å². The highest BCUT2D eigenvalue weighted by atomic mass is 31.2. The molecule has 216 valence electrons. The zero-order valence-electron chi connectivity index (χ0n) is 22.5. The number of aliphatic hydroxyl groups is 2. The van der Waals surface area contributed by atoms with Crippen LogP contribution in [0.1, 0.15) is 26.5 Å². The summed E-state index contributed by atoms with van der Waals surface area (Å²) < 4.78 is 38.0. The molecule has 1 aromatic carbocycles. The third-order valence-corrected chi connectivity index (χ3v) is 8.05. The Balaban J connectivity index is 1.63. The van der Waals surface area contributed by atoms with Gasteiger partial charge in [-0.05, 0) is 45.0 Å². The molecule has 4 rings (SSSR count). The van der Waals surface area contributed by atoms with E-state index in [9.17, 15) is 19.6 Å². The van der Waals surface area contributed by atoms with Crippen LogP contribution in [-0.4, -0.2) is 81.1 Å². The molecule has 1 aliphatic rings. The Morgan fingerprint density at radius 1 is 1.30 bits per heavy atom. The van der Waals surface area contributed by atoms with Crippen LogP contribution in [0.2, 0.25) is 0 Å². The first-order valence-electron chi connectivity index (χ1n) is 12.5. The van der Waals surface area contributed by atoms with Gasteiger partial charge < -0.3 is 29.9 Å². The number of aliphatic hydroxyl groups excluding tert-OH is 2. The minimum atomic E-state index is -4.30. The number of nitrogens with one attached hydrogen (secondary N) is 1. The minimum Gasteiger partial charge on any atom is -0.465 e. The Hall–Kier alpha value is -3.39. The number of aliphatic imine (C=N–C) groups is 1. The van der Waals surface area contributed by atoms with Crippen molar-refractivity contribution >= 4 is 31.3 Å². The van der Waals surface area contributed by atoms with Crippen LogP contribution >= 0.6 is 7.75 Å². The highest BCUT2D eigenvalue weighted by Crippen LogP contribution is 2.48. The molecule has 5 N–H and O–H groups in total. The molecule has 1 saturated heterocycles. The van der Waals surface area contributed by atoms with Crippen LogP contribution in [0, 0.1) is 0 Å². The summed E-state index contributed by atoms with van der Waals surface area (Å²) in [5.41, 5.74) is 3.59. The maximum Gasteiger partial charge on any atom is 0.459 e. The van der Waals surface area contributed by atoms with Crippen molar-refractivity contribution in [3.63, 3.8) is 0 Å². The van der Waals surface area contributed by atoms with Crippen LogP contribution in [0.25, 0.3) is 5.52 Å². The number of fused-ring (bicyclic) bond motifs is 1. The van der Waals surface area contributed by atoms with Crippen LogP contribution in [-0.2, 0) is 29.0 Å². The lowest BCUT2D eigenvalue weighted by atomic mass is 9.92. The number of carbonyl (C=O) groups excluding carboxylic acids is 1. The molecule has 40 heavy (non-hydrogen) atoms. The van der Waals surface area contributed by atoms with Gasteiger partial charge in [0.15, 0.2) is 11.4 Å². The average Bonchev–Trinajstić information content (AvgIpc) is 3.45. The summed E-state index contributed by atoms with van der Waals surface area (Å²) in [6, 6.07) is 11.5. The predicted octanol–water partition coefficient (Wildman–Crippen LogP) is 1.46. The molecule has 0 saturated carbocycles. The van der Waals surface area contributed by atoms with Crippen LogP contribution in [0.3, 0.4) is 0 Å². The number of nitrogens with two attached hydrogens (primary N) is 1. The number of aromatic nitrogens is 3. The lowest BCUT2D eigenvalue weighted by Gasteiger charge is -2.30. The van der Waals surface area contributed by atoms with Gasteiger partial charge in [0.05, 0.1) is 18.9 Å². The molecule has 3 heterocycles. The van der Waals surface area contributed by atoms with E-state index in [2.05, 4.69) is 20.2 Å². The van der Waals surface area contributed by atoms with Crippen molar-refractivity contribution < 1.29 is 38.1 Å². The molecule has 1 unspecified atom stereocenters. The van der Waals surface area contributed by atoms with Crippen molar-refractivity contribution in [2.75, 3.05) is 26.0 Å². The molecule has 1 fully saturated rings. The number of nitrogens with zero attached hydrogens (tertiary/aromatic N) is 4. The summed E-state index contributed by atoms with van der Waals surface area (Å²) in [4.78, 5) is 20.5. The molecule has 3 aromatic rings. The molecule has 0 bridgehead atoms. The number of nitrogen functional groups attached to an aromatic ring is 1. The third-order valence-electron chi connectivity index (χ3n) is 6.27. The summed E-state index contributed by atoms with van der Waals surface area (Å²) in [7, 11) is -2.82. The Bertz CT molecular complexity index is 1420. The number of anilines is 1. The number of hydrogen-bond acceptors (Lipinski definition) is 12. The predicted molar refractivity (Wildman–Crippen MR) is 145 cm³/mol. The van der Waals surface area contributed by atoms with Crippen molar-refractivity contribution in [1.82, 2.24) is 19.7 Å². The van der Waals surface area contributed by atoms with Gasteiger partial charge >= 0.3 is 13.7 Å². The Morgan fingerprint density at radius 2 is 2.02 bits per heavy atom. The van der Waals surface area contributed by atoms with Gasteiger partial charge in [0, 0.05) is 13.3 Å². The largest absolute Gasteiger partial charge is 0.465 e. The standard InChI is InChI=1S/C25H33N6O8P/c1-5-36-23(34)24(2,3)30-40(35,39-16-9-7-6-8-10-16)37-13-18-20(32)21(33)25(38-18,14-27-4)19-12-11-17-22(26)28-15-29-31(17)19/h6-12,14-15,18,20-21,32-33H,5,13H2,1-4H3,(H,30,35)(H2,26,28,29)/t18-,20-,21-,25+,40?/m1/s1. The van der Waals surface area contributed by atoms with Gasteiger partial charge in [-0.2, -0.15) is 10.2 Å². The van der Waals surface area contributed by atoms with Gasteiger partial charge in [-0.15, -0.1) is 0 Å². The number of benzene rings is 1. The number of rotatable bonds is 11. The molecule has 5 atom stereocenters. The number of para-hydroxylation sites is 1. The smallest absolute Gasteiger partial charge is 0.459 e. The van der Waals surface area contributed by atoms with E-state index in [4.69, 9.17) is 24.3 Å². The van der Waals surface area contributed by atoms with E-state index in [0.717, 1.165) is 0 Å². The summed E-state index contributed by atoms with van der Waals surface area (Å²) in [6.45, 7) is 4.19. The topological polar surface area (TPSA) is 192 Å². The zero-order valence-corrected chi connectivity index (χ0v) is 23.4. The third kappa shape index (κ3) is 5.73. The number of carbonyl (C=O) groups is 1. The molecule has 0 amide bonds. The van der Waals surface area contributed by atoms with Crippen molar-refractivity contribution in [3.8, 4) is 5.75 Å². The summed E-state index contributed by atoms with van der Waals surface area (Å²) in [5, 5.41) is 29.1. The monoisotopic (exact) mass is 576 g/mol. The van der Waals surface area contributed by atoms with Crippen molar-refractivity contribution in [2.45, 2.75) is 50.2 Å². The van der Waals surface area contributed by atoms with Gasteiger partial charge in [-0.1, -0.05) is 18.2 Å². The molecule has 15 heteroatoms. The van der Waals surface area contributed by atoms with Crippen molar-refractivity contribution in [2.24, 2.45) is 4.99 Å². The van der Waals surface area contributed by atoms with Crippen LogP contribution in [0.5, 0.6) is 5.75 Å². The van der Waals surface area contributed by atoms with Crippen LogP contribution in [0.4, 0.5) is 5.82 Å². The zero-order chi connectivity index (χ0) is 29.1. The van der Waals surface area contributed by atoms with Crippen LogP contribution < -0.4 is 15.3 Å². The molecule has 0 radical (unpaired) electrons. The van der Waals surface area contributed by atoms with Crippen LogP contribution in [0.15, 0.2) is 53.8 Å². The molecular formula is C25H33N6O8P. The molecule has 1 aliphatic heterocycles. The van der Waals surface area contributed by atoms with E-state index in [1.165, 1.54) is 38.0 Å². The molecule has 2 aromatic heterocycles. The Morgan fingerprint density at radius 3 is 2.70 bits per heavy atom. The molecule has 0 aliphatic carbocycles. The number of esters is 1. The number of hydrogen-bond donors (Lipinski definition) is 4. The lowest BCUT2D eigenvalue weighted by Crippen LogP contribution is -2.47. The maximum absolute atomic E-state index is 14.0. The molecule has 0 spiro atoms. The first kappa shape index (κ1) is 29.6. The van der Waals surface area contributed by atoms with E-state index < -0.39 is 49.8 Å². The van der Waals surface area contributed by atoms with E-state index in [1.54, 1.807) is 49.4 Å². The van der Waals surface area contributed by atoms with E-state index >= 15 is 0 Å². The fourth-order valence-electron chi connectivity index (χ4n) is 4.38. The second kappa shape index (κ2) is 11.6. The molecule has 14 nitrogen and oxygen atoms in total. The van der Waals surface area contributed by atoms with Gasteiger partial charge in [0.1, 0.15) is 41.4 Å². The minimum absolute atomic E-state index is 0.112. The lowest BCUT2D eigenvalue weighted by molar-refractivity contribution is -0.149. The average molecular weight is 577 g/mol. The first-order valence-corrected chi connectivity index (χ1v) is 14.0. The van der Waals surface area contributed by atoms with E-state index in [0.29, 0.717) is 11.2 Å². The van der Waals surface area contributed by atoms with E-state index in [-0.39, 0.29) is 18.2 Å². The van der Waals surface area contributed by atoms with Gasteiger partial charge in [0.25, 0.3) is 0 Å². The second-order valence-electron chi connectivity index (χ2n) is 9.59. The molecular weight excluding hydrogens is 543 g/mol. The van der Waals surface area contributed by atoms with Gasteiger partial charge in [-0.3, -0.25) is 14.3 Å². The van der Waals surface area contributed by atoms with Crippen molar-refractivity contribution in [1.29, 1.82) is 0 Å². The quantitative estimate of drug-likeness (QED) is 0.146. The SMILES string of the molecule is CCOC(=O)C(C)(C)NP(=O)(OC[C@H]1O[C@@](C=NC)(c2ccc3c(N)ncnn23)[C@H](O)[C@@H]1O)Oc1ccccc1.